The second-order valence-electron chi connectivity index (χ2n) is 9.65. The topological polar surface area (TPSA) is 67.4 Å². The lowest BCUT2D eigenvalue weighted by Crippen LogP contribution is -2.60. The van der Waals surface area contributed by atoms with Gasteiger partial charge in [-0.2, -0.15) is 0 Å². The third kappa shape index (κ3) is 3.45. The molecule has 5 atom stereocenters. The number of carbonyl (C=O) groups excluding carboxylic acids is 2. The largest absolute Gasteiger partial charge is 0.378 e. The highest BCUT2D eigenvalue weighted by Gasteiger charge is 2.68. The fourth-order valence-electron chi connectivity index (χ4n) is 6.46. The summed E-state index contributed by atoms with van der Waals surface area (Å²) in [6.07, 6.45) is 4.05. The monoisotopic (exact) mass is 402 g/mol. The molecular formula is C23H31FN2O3. The Morgan fingerprint density at radius 3 is 2.83 bits per heavy atom. The number of fused-ring (bicyclic) bond motifs is 1. The first kappa shape index (κ1) is 20.3. The number of halogens is 1. The maximum atomic E-state index is 13.3. The van der Waals surface area contributed by atoms with E-state index in [9.17, 15) is 14.0 Å². The van der Waals surface area contributed by atoms with E-state index in [1.807, 2.05) is 0 Å². The zero-order valence-electron chi connectivity index (χ0n) is 17.5. The Morgan fingerprint density at radius 2 is 2.10 bits per heavy atom. The van der Waals surface area contributed by atoms with Crippen LogP contribution in [0.1, 0.15) is 56.8 Å². The molecule has 5 nitrogen and oxygen atoms in total. The van der Waals surface area contributed by atoms with Crippen LogP contribution >= 0.6 is 0 Å². The van der Waals surface area contributed by atoms with Crippen molar-refractivity contribution in [2.24, 2.45) is 22.7 Å². The summed E-state index contributed by atoms with van der Waals surface area (Å²) in [6.45, 7) is 7.36. The van der Waals surface area contributed by atoms with Crippen molar-refractivity contribution in [2.75, 3.05) is 13.2 Å². The fourth-order valence-corrected chi connectivity index (χ4v) is 6.46. The van der Waals surface area contributed by atoms with Gasteiger partial charge in [0.15, 0.2) is 0 Å². The van der Waals surface area contributed by atoms with Gasteiger partial charge >= 0.3 is 0 Å². The second-order valence-corrected chi connectivity index (χ2v) is 9.65. The number of rotatable bonds is 5. The molecule has 3 aliphatic rings. The standard InChI is InChI=1S/C23H31FN2O3/c1-14(27)26-21-22(2,3)16-12-18-19(29-10-8-23(18,21)13-16)7-9-25-20(28)15-5-4-6-17(24)11-15/h4-6,11,16,18-19,21H,7-10,12-13H2,1-3H3,(H,25,28)(H,26,27)/t16-,18-,19-,21+,23?/m1/s1. The molecule has 0 aromatic heterocycles. The Bertz CT molecular complexity index is 811. The van der Waals surface area contributed by atoms with Gasteiger partial charge in [-0.25, -0.2) is 4.39 Å². The van der Waals surface area contributed by atoms with E-state index in [2.05, 4.69) is 24.5 Å². The van der Waals surface area contributed by atoms with Crippen molar-refractivity contribution in [1.82, 2.24) is 10.6 Å². The number of carbonyl (C=O) groups is 2. The van der Waals surface area contributed by atoms with Crippen molar-refractivity contribution in [2.45, 2.75) is 58.6 Å². The zero-order valence-corrected chi connectivity index (χ0v) is 17.5. The lowest BCUT2D eigenvalue weighted by atomic mass is 9.59. The predicted octanol–water partition coefficient (Wildman–Crippen LogP) is 3.29. The number of hydrogen-bond donors (Lipinski definition) is 2. The first-order chi connectivity index (χ1) is 13.7. The average molecular weight is 403 g/mol. The molecule has 0 radical (unpaired) electrons. The van der Waals surface area contributed by atoms with Crippen LogP contribution in [0.3, 0.4) is 0 Å². The highest BCUT2D eigenvalue weighted by Crippen LogP contribution is 2.68. The second kappa shape index (κ2) is 7.38. The summed E-state index contributed by atoms with van der Waals surface area (Å²) in [6, 6.07) is 5.90. The average Bonchev–Trinajstić information content (AvgIpc) is 3.15. The van der Waals surface area contributed by atoms with E-state index < -0.39 is 5.82 Å². The number of hydrogen-bond acceptors (Lipinski definition) is 3. The van der Waals surface area contributed by atoms with Crippen LogP contribution in [0.25, 0.3) is 0 Å². The molecule has 6 heteroatoms. The van der Waals surface area contributed by atoms with Gasteiger partial charge in [-0.3, -0.25) is 9.59 Å². The van der Waals surface area contributed by atoms with Gasteiger partial charge in [-0.05, 0) is 66.5 Å². The van der Waals surface area contributed by atoms with Crippen LogP contribution in [0.5, 0.6) is 0 Å². The Hall–Kier alpha value is -1.95. The van der Waals surface area contributed by atoms with Crippen LogP contribution in [-0.4, -0.2) is 37.1 Å². The molecule has 4 rings (SSSR count). The van der Waals surface area contributed by atoms with Crippen molar-refractivity contribution in [1.29, 1.82) is 0 Å². The maximum absolute atomic E-state index is 13.3. The van der Waals surface area contributed by atoms with E-state index in [0.29, 0.717) is 30.6 Å². The predicted molar refractivity (Wildman–Crippen MR) is 108 cm³/mol. The molecular weight excluding hydrogens is 371 g/mol. The molecule has 1 heterocycles. The third-order valence-corrected chi connectivity index (χ3v) is 7.77. The van der Waals surface area contributed by atoms with E-state index >= 15 is 0 Å². The molecule has 1 unspecified atom stereocenters. The zero-order chi connectivity index (χ0) is 20.8. The van der Waals surface area contributed by atoms with Crippen molar-refractivity contribution < 1.29 is 18.7 Å². The summed E-state index contributed by atoms with van der Waals surface area (Å²) in [5.74, 6) is 0.339. The van der Waals surface area contributed by atoms with Crippen molar-refractivity contribution in [3.63, 3.8) is 0 Å². The van der Waals surface area contributed by atoms with Gasteiger partial charge in [0, 0.05) is 31.7 Å². The molecule has 1 saturated heterocycles. The molecule has 1 spiro atoms. The van der Waals surface area contributed by atoms with Crippen LogP contribution in [0.15, 0.2) is 24.3 Å². The number of amides is 2. The van der Waals surface area contributed by atoms with Gasteiger partial charge in [0.25, 0.3) is 5.91 Å². The Kier molecular flexibility index (Phi) is 5.18. The van der Waals surface area contributed by atoms with Gasteiger partial charge in [0.05, 0.1) is 6.10 Å². The van der Waals surface area contributed by atoms with E-state index in [1.165, 1.54) is 18.2 Å². The summed E-state index contributed by atoms with van der Waals surface area (Å²) < 4.78 is 19.5. The van der Waals surface area contributed by atoms with E-state index in [1.54, 1.807) is 13.0 Å². The van der Waals surface area contributed by atoms with Crippen LogP contribution in [0.2, 0.25) is 0 Å². The minimum Gasteiger partial charge on any atom is -0.378 e. The van der Waals surface area contributed by atoms with Crippen molar-refractivity contribution in [3.05, 3.63) is 35.6 Å². The smallest absolute Gasteiger partial charge is 0.251 e. The maximum Gasteiger partial charge on any atom is 0.251 e. The summed E-state index contributed by atoms with van der Waals surface area (Å²) >= 11 is 0. The number of ether oxygens (including phenoxy) is 1. The molecule has 1 aromatic carbocycles. The fraction of sp³-hybridized carbons (Fsp3) is 0.652. The normalized spacial score (nSPS) is 34.5. The molecule has 1 aliphatic heterocycles. The molecule has 1 aromatic rings. The van der Waals surface area contributed by atoms with Crippen LogP contribution in [0, 0.1) is 28.5 Å². The van der Waals surface area contributed by atoms with Gasteiger partial charge in [0.2, 0.25) is 5.91 Å². The van der Waals surface area contributed by atoms with Crippen molar-refractivity contribution >= 4 is 11.8 Å². The van der Waals surface area contributed by atoms with Gasteiger partial charge in [0.1, 0.15) is 5.82 Å². The quantitative estimate of drug-likeness (QED) is 0.794. The minimum atomic E-state index is -0.413. The van der Waals surface area contributed by atoms with Crippen LogP contribution in [-0.2, 0) is 9.53 Å². The lowest BCUT2D eigenvalue weighted by Gasteiger charge is -2.53. The first-order valence-corrected chi connectivity index (χ1v) is 10.7. The molecule has 158 valence electrons. The number of benzene rings is 1. The van der Waals surface area contributed by atoms with Crippen molar-refractivity contribution in [3.8, 4) is 0 Å². The van der Waals surface area contributed by atoms with E-state index in [-0.39, 0.29) is 34.8 Å². The lowest BCUT2D eigenvalue weighted by molar-refractivity contribution is -0.135. The van der Waals surface area contributed by atoms with Crippen LogP contribution in [0.4, 0.5) is 4.39 Å². The molecule has 2 saturated carbocycles. The van der Waals surface area contributed by atoms with Crippen LogP contribution < -0.4 is 10.6 Å². The summed E-state index contributed by atoms with van der Waals surface area (Å²) in [7, 11) is 0. The third-order valence-electron chi connectivity index (χ3n) is 7.77. The van der Waals surface area contributed by atoms with Gasteiger partial charge < -0.3 is 15.4 Å². The van der Waals surface area contributed by atoms with Gasteiger partial charge in [-0.1, -0.05) is 19.9 Å². The Morgan fingerprint density at radius 1 is 1.31 bits per heavy atom. The first-order valence-electron chi connectivity index (χ1n) is 10.7. The van der Waals surface area contributed by atoms with Gasteiger partial charge in [-0.15, -0.1) is 0 Å². The molecule has 2 aliphatic carbocycles. The van der Waals surface area contributed by atoms with E-state index in [4.69, 9.17) is 4.74 Å². The summed E-state index contributed by atoms with van der Waals surface area (Å²) in [5, 5.41) is 6.17. The summed E-state index contributed by atoms with van der Waals surface area (Å²) in [4.78, 5) is 24.2. The Labute approximate surface area is 171 Å². The number of nitrogens with one attached hydrogen (secondary N) is 2. The minimum absolute atomic E-state index is 0.0362. The highest BCUT2D eigenvalue weighted by atomic mass is 19.1. The molecule has 2 amide bonds. The molecule has 3 fully saturated rings. The van der Waals surface area contributed by atoms with E-state index in [0.717, 1.165) is 25.7 Å². The summed E-state index contributed by atoms with van der Waals surface area (Å²) in [5.41, 5.74) is 0.517. The molecule has 2 N–H and O–H groups in total. The molecule has 29 heavy (non-hydrogen) atoms. The SMILES string of the molecule is CC(=O)N[C@H]1C(C)(C)[C@@H]2C[C@@H]3[C@@H](CCNC(=O)c4cccc(F)c4)OCCC31C2. The highest BCUT2D eigenvalue weighted by molar-refractivity contribution is 5.94. The Balaban J connectivity index is 1.42. The molecule has 2 bridgehead atoms.